The second-order valence-electron chi connectivity index (χ2n) is 6.83. The van der Waals surface area contributed by atoms with E-state index >= 15 is 0 Å². The van der Waals surface area contributed by atoms with Crippen LogP contribution in [0.4, 0.5) is 0 Å². The van der Waals surface area contributed by atoms with Crippen molar-refractivity contribution in [2.24, 2.45) is 0 Å². The molecule has 1 aromatic carbocycles. The van der Waals surface area contributed by atoms with E-state index in [-0.39, 0.29) is 42.1 Å². The monoisotopic (exact) mass is 356 g/mol. The summed E-state index contributed by atoms with van der Waals surface area (Å²) < 4.78 is 1.33. The smallest absolute Gasteiger partial charge is 0.274 e. The van der Waals surface area contributed by atoms with Crippen LogP contribution in [0.2, 0.25) is 0 Å². The van der Waals surface area contributed by atoms with Crippen LogP contribution in [-0.2, 0) is 4.79 Å². The van der Waals surface area contributed by atoms with E-state index in [1.807, 2.05) is 18.7 Å². The number of carbonyl (C=O) groups is 2. The Morgan fingerprint density at radius 1 is 1.15 bits per heavy atom. The van der Waals surface area contributed by atoms with Crippen molar-refractivity contribution in [3.63, 3.8) is 0 Å². The lowest BCUT2D eigenvalue weighted by atomic mass is 10.1. The number of nitrogens with one attached hydrogen (secondary N) is 1. The number of aromatic nitrogens is 2. The highest BCUT2D eigenvalue weighted by atomic mass is 16.2. The highest BCUT2D eigenvalue weighted by Crippen LogP contribution is 2.15. The number of fused-ring (bicyclic) bond motifs is 1. The molecular weight excluding hydrogens is 332 g/mol. The van der Waals surface area contributed by atoms with Crippen molar-refractivity contribution in [1.29, 1.82) is 0 Å². The molecule has 1 aliphatic heterocycles. The molecule has 7 nitrogen and oxygen atoms in total. The van der Waals surface area contributed by atoms with Gasteiger partial charge in [-0.3, -0.25) is 14.4 Å². The van der Waals surface area contributed by atoms with Gasteiger partial charge in [-0.2, -0.15) is 5.10 Å². The first-order valence-electron chi connectivity index (χ1n) is 9.06. The average molecular weight is 356 g/mol. The van der Waals surface area contributed by atoms with E-state index < -0.39 is 0 Å². The van der Waals surface area contributed by atoms with Crippen LogP contribution in [0.25, 0.3) is 10.8 Å². The van der Waals surface area contributed by atoms with Crippen molar-refractivity contribution in [2.45, 2.75) is 39.2 Å². The average Bonchev–Trinajstić information content (AvgIpc) is 3.16. The van der Waals surface area contributed by atoms with Gasteiger partial charge < -0.3 is 10.2 Å². The van der Waals surface area contributed by atoms with Crippen LogP contribution >= 0.6 is 0 Å². The molecule has 0 spiro atoms. The van der Waals surface area contributed by atoms with E-state index in [0.29, 0.717) is 10.8 Å². The summed E-state index contributed by atoms with van der Waals surface area (Å²) in [5.41, 5.74) is -0.00103. The van der Waals surface area contributed by atoms with E-state index in [0.717, 1.165) is 25.9 Å². The molecule has 2 heterocycles. The Morgan fingerprint density at radius 2 is 1.81 bits per heavy atom. The minimum atomic E-state index is -0.371. The van der Waals surface area contributed by atoms with Gasteiger partial charge in [0, 0.05) is 31.4 Å². The lowest BCUT2D eigenvalue weighted by molar-refractivity contribution is -0.129. The van der Waals surface area contributed by atoms with Crippen LogP contribution in [0, 0.1) is 0 Å². The van der Waals surface area contributed by atoms with Crippen LogP contribution in [0.1, 0.15) is 49.6 Å². The van der Waals surface area contributed by atoms with E-state index in [1.54, 1.807) is 24.3 Å². The molecule has 0 atom stereocenters. The molecule has 138 valence electrons. The summed E-state index contributed by atoms with van der Waals surface area (Å²) in [6.07, 6.45) is 2.36. The molecule has 1 aromatic heterocycles. The van der Waals surface area contributed by atoms with Gasteiger partial charge in [0.2, 0.25) is 5.91 Å². The molecule has 1 N–H and O–H groups in total. The lowest BCUT2D eigenvalue weighted by Crippen LogP contribution is -2.34. The van der Waals surface area contributed by atoms with Crippen molar-refractivity contribution >= 4 is 22.6 Å². The number of likely N-dealkylation sites (tertiary alicyclic amines) is 1. The van der Waals surface area contributed by atoms with Gasteiger partial charge in [0.05, 0.1) is 11.4 Å². The lowest BCUT2D eigenvalue weighted by Gasteiger charge is -2.16. The number of amides is 2. The maximum atomic E-state index is 12.6. The predicted octanol–water partition coefficient (Wildman–Crippen LogP) is 1.72. The third kappa shape index (κ3) is 3.61. The van der Waals surface area contributed by atoms with Gasteiger partial charge in [-0.15, -0.1) is 0 Å². The number of hydrogen-bond acceptors (Lipinski definition) is 4. The summed E-state index contributed by atoms with van der Waals surface area (Å²) in [5, 5.41) is 8.03. The van der Waals surface area contributed by atoms with E-state index in [4.69, 9.17) is 0 Å². The van der Waals surface area contributed by atoms with E-state index in [2.05, 4.69) is 10.4 Å². The molecule has 0 unspecified atom stereocenters. The quantitative estimate of drug-likeness (QED) is 0.884. The zero-order chi connectivity index (χ0) is 18.7. The summed E-state index contributed by atoms with van der Waals surface area (Å²) in [6, 6.07) is 6.81. The zero-order valence-corrected chi connectivity index (χ0v) is 15.2. The molecule has 0 bridgehead atoms. The predicted molar refractivity (Wildman–Crippen MR) is 99.2 cm³/mol. The first-order valence-corrected chi connectivity index (χ1v) is 9.06. The molecular formula is C19H24N4O3. The first kappa shape index (κ1) is 18.1. The molecule has 1 saturated heterocycles. The molecule has 1 aliphatic rings. The summed E-state index contributed by atoms with van der Waals surface area (Å²) in [4.78, 5) is 39.1. The fraction of sp³-hybridized carbons (Fsp3) is 0.474. The standard InChI is InChI=1S/C19H24N4O3/c1-13(2)23-19(26)15-8-4-3-7-14(15)17(21-23)18(25)20-10-9-16(24)22-11-5-6-12-22/h3-4,7-8,13H,5-6,9-12H2,1-2H3,(H,20,25). The Morgan fingerprint density at radius 3 is 2.46 bits per heavy atom. The largest absolute Gasteiger partial charge is 0.350 e. The zero-order valence-electron chi connectivity index (χ0n) is 15.2. The Hall–Kier alpha value is -2.70. The Labute approximate surface area is 152 Å². The van der Waals surface area contributed by atoms with Crippen molar-refractivity contribution < 1.29 is 9.59 Å². The van der Waals surface area contributed by atoms with Crippen molar-refractivity contribution in [2.75, 3.05) is 19.6 Å². The van der Waals surface area contributed by atoms with Crippen molar-refractivity contribution in [3.05, 3.63) is 40.3 Å². The van der Waals surface area contributed by atoms with Crippen LogP contribution in [0.5, 0.6) is 0 Å². The first-order chi connectivity index (χ1) is 12.5. The maximum absolute atomic E-state index is 12.6. The second-order valence-corrected chi connectivity index (χ2v) is 6.83. The maximum Gasteiger partial charge on any atom is 0.274 e. The molecule has 3 rings (SSSR count). The number of rotatable bonds is 5. The van der Waals surface area contributed by atoms with Crippen LogP contribution < -0.4 is 10.9 Å². The Bertz CT molecular complexity index is 882. The third-order valence-corrected chi connectivity index (χ3v) is 4.62. The van der Waals surface area contributed by atoms with Gasteiger partial charge in [0.1, 0.15) is 0 Å². The molecule has 0 aliphatic carbocycles. The van der Waals surface area contributed by atoms with E-state index in [9.17, 15) is 14.4 Å². The minimum Gasteiger partial charge on any atom is -0.350 e. The van der Waals surface area contributed by atoms with Crippen molar-refractivity contribution in [3.8, 4) is 0 Å². The molecule has 26 heavy (non-hydrogen) atoms. The highest BCUT2D eigenvalue weighted by Gasteiger charge is 2.20. The molecule has 2 amide bonds. The van der Waals surface area contributed by atoms with Gasteiger partial charge in [-0.05, 0) is 32.8 Å². The Balaban J connectivity index is 1.78. The minimum absolute atomic E-state index is 0.0627. The topological polar surface area (TPSA) is 84.3 Å². The highest BCUT2D eigenvalue weighted by molar-refractivity contribution is 6.04. The number of carbonyl (C=O) groups excluding carboxylic acids is 2. The van der Waals surface area contributed by atoms with Crippen LogP contribution in [-0.4, -0.2) is 46.1 Å². The van der Waals surface area contributed by atoms with Crippen LogP contribution in [0.3, 0.4) is 0 Å². The second kappa shape index (κ2) is 7.68. The molecule has 7 heteroatoms. The summed E-state index contributed by atoms with van der Waals surface area (Å²) in [7, 11) is 0. The Kier molecular flexibility index (Phi) is 5.35. The third-order valence-electron chi connectivity index (χ3n) is 4.62. The number of hydrogen-bond donors (Lipinski definition) is 1. The van der Waals surface area contributed by atoms with E-state index in [1.165, 1.54) is 4.68 Å². The van der Waals surface area contributed by atoms with Gasteiger partial charge in [0.25, 0.3) is 11.5 Å². The summed E-state index contributed by atoms with van der Waals surface area (Å²) >= 11 is 0. The molecule has 0 saturated carbocycles. The fourth-order valence-electron chi connectivity index (χ4n) is 3.22. The van der Waals surface area contributed by atoms with Gasteiger partial charge in [0.15, 0.2) is 5.69 Å². The number of benzene rings is 1. The van der Waals surface area contributed by atoms with Gasteiger partial charge >= 0.3 is 0 Å². The number of nitrogens with zero attached hydrogens (tertiary/aromatic N) is 3. The summed E-state index contributed by atoms with van der Waals surface area (Å²) in [6.45, 7) is 5.56. The van der Waals surface area contributed by atoms with Gasteiger partial charge in [-0.1, -0.05) is 18.2 Å². The van der Waals surface area contributed by atoms with Crippen LogP contribution in [0.15, 0.2) is 29.1 Å². The SMILES string of the molecule is CC(C)n1nc(C(=O)NCCC(=O)N2CCCC2)c2ccccc2c1=O. The summed E-state index contributed by atoms with van der Waals surface area (Å²) in [5.74, 6) is -0.308. The fourth-order valence-corrected chi connectivity index (χ4v) is 3.22. The molecule has 1 fully saturated rings. The molecule has 0 radical (unpaired) electrons. The normalized spacial score (nSPS) is 14.2. The van der Waals surface area contributed by atoms with Gasteiger partial charge in [-0.25, -0.2) is 4.68 Å². The molecule has 2 aromatic rings. The van der Waals surface area contributed by atoms with Crippen molar-refractivity contribution in [1.82, 2.24) is 20.0 Å².